The van der Waals surface area contributed by atoms with Crippen molar-refractivity contribution in [2.24, 2.45) is 0 Å². The van der Waals surface area contributed by atoms with Crippen molar-refractivity contribution in [2.45, 2.75) is 18.9 Å². The number of amides is 1. The second kappa shape index (κ2) is 8.59. The Balaban J connectivity index is 1.39. The van der Waals surface area contributed by atoms with Gasteiger partial charge < -0.3 is 15.0 Å². The van der Waals surface area contributed by atoms with E-state index in [2.05, 4.69) is 33.8 Å². The Morgan fingerprint density at radius 1 is 1.11 bits per heavy atom. The van der Waals surface area contributed by atoms with Crippen LogP contribution in [0.2, 0.25) is 0 Å². The zero-order chi connectivity index (χ0) is 19.3. The minimum Gasteiger partial charge on any atom is -0.380 e. The van der Waals surface area contributed by atoms with Gasteiger partial charge in [-0.1, -0.05) is 18.2 Å². The zero-order valence-corrected chi connectivity index (χ0v) is 16.7. The topological polar surface area (TPSA) is 41.6 Å². The molecule has 28 heavy (non-hydrogen) atoms. The first-order chi connectivity index (χ1) is 13.7. The fraction of sp³-hybridized carbons (Fsp3) is 0.261. The Bertz CT molecular complexity index is 905. The fourth-order valence-electron chi connectivity index (χ4n) is 3.55. The second-order valence-corrected chi connectivity index (χ2v) is 7.95. The number of nitrogens with one attached hydrogen (secondary N) is 1. The maximum absolute atomic E-state index is 12.5. The van der Waals surface area contributed by atoms with E-state index in [1.165, 1.54) is 10.6 Å². The smallest absolute Gasteiger partial charge is 0.255 e. The van der Waals surface area contributed by atoms with Gasteiger partial charge in [0.05, 0.1) is 6.10 Å². The van der Waals surface area contributed by atoms with Crippen molar-refractivity contribution < 1.29 is 9.53 Å². The molecule has 1 fully saturated rings. The lowest BCUT2D eigenvalue weighted by Crippen LogP contribution is -2.39. The van der Waals surface area contributed by atoms with E-state index >= 15 is 0 Å². The van der Waals surface area contributed by atoms with Crippen LogP contribution in [0.25, 0.3) is 10.4 Å². The van der Waals surface area contributed by atoms with Gasteiger partial charge in [0.25, 0.3) is 5.91 Å². The largest absolute Gasteiger partial charge is 0.380 e. The Labute approximate surface area is 169 Å². The summed E-state index contributed by atoms with van der Waals surface area (Å²) in [6.07, 6.45) is 2.55. The van der Waals surface area contributed by atoms with Crippen LogP contribution in [0.1, 0.15) is 23.2 Å². The summed E-state index contributed by atoms with van der Waals surface area (Å²) < 4.78 is 5.50. The van der Waals surface area contributed by atoms with Crippen LogP contribution in [-0.4, -0.2) is 32.2 Å². The van der Waals surface area contributed by atoms with E-state index in [0.29, 0.717) is 11.7 Å². The van der Waals surface area contributed by atoms with Crippen LogP contribution in [0, 0.1) is 0 Å². The molecule has 144 valence electrons. The van der Waals surface area contributed by atoms with Gasteiger partial charge in [-0.3, -0.25) is 4.79 Å². The summed E-state index contributed by atoms with van der Waals surface area (Å²) in [5.41, 5.74) is 3.76. The summed E-state index contributed by atoms with van der Waals surface area (Å²) in [7, 11) is 1.78. The molecule has 0 aliphatic carbocycles. The van der Waals surface area contributed by atoms with E-state index in [-0.39, 0.29) is 5.91 Å². The van der Waals surface area contributed by atoms with Gasteiger partial charge in [0.15, 0.2) is 0 Å². The minimum atomic E-state index is -0.0945. The van der Waals surface area contributed by atoms with Gasteiger partial charge in [-0.05, 0) is 66.2 Å². The van der Waals surface area contributed by atoms with E-state index in [4.69, 9.17) is 4.74 Å². The van der Waals surface area contributed by atoms with Crippen molar-refractivity contribution in [3.63, 3.8) is 0 Å². The number of ether oxygens (including phenoxy) is 1. The number of carbonyl (C=O) groups is 1. The number of piperidine rings is 1. The highest BCUT2D eigenvalue weighted by molar-refractivity contribution is 7.13. The van der Waals surface area contributed by atoms with Crippen molar-refractivity contribution in [3.05, 3.63) is 71.6 Å². The SMILES string of the molecule is COC1CCCN(c2ccc(NC(=O)c3ccc(-c4cccs4)cc3)cc2)C1. The first-order valence-corrected chi connectivity index (χ1v) is 10.4. The predicted molar refractivity (Wildman–Crippen MR) is 116 cm³/mol. The average molecular weight is 393 g/mol. The van der Waals surface area contributed by atoms with E-state index in [1.807, 2.05) is 42.5 Å². The number of anilines is 2. The van der Waals surface area contributed by atoms with Crippen LogP contribution in [0.5, 0.6) is 0 Å². The van der Waals surface area contributed by atoms with Crippen molar-refractivity contribution in [1.29, 1.82) is 0 Å². The number of carbonyl (C=O) groups excluding carboxylic acids is 1. The quantitative estimate of drug-likeness (QED) is 0.642. The molecule has 0 bridgehead atoms. The van der Waals surface area contributed by atoms with Crippen LogP contribution < -0.4 is 10.2 Å². The third-order valence-electron chi connectivity index (χ3n) is 5.15. The first-order valence-electron chi connectivity index (χ1n) is 9.56. The summed E-state index contributed by atoms with van der Waals surface area (Å²) in [5, 5.41) is 5.04. The molecular weight excluding hydrogens is 368 g/mol. The first kappa shape index (κ1) is 18.7. The third kappa shape index (κ3) is 4.26. The number of methoxy groups -OCH3 is 1. The van der Waals surface area contributed by atoms with Gasteiger partial charge in [-0.25, -0.2) is 0 Å². The molecule has 1 aliphatic rings. The molecule has 5 heteroatoms. The van der Waals surface area contributed by atoms with Crippen LogP contribution in [0.15, 0.2) is 66.0 Å². The van der Waals surface area contributed by atoms with Crippen molar-refractivity contribution in [1.82, 2.24) is 0 Å². The molecule has 2 aromatic carbocycles. The van der Waals surface area contributed by atoms with Crippen molar-refractivity contribution in [3.8, 4) is 10.4 Å². The number of rotatable bonds is 5. The Morgan fingerprint density at radius 3 is 2.57 bits per heavy atom. The molecule has 1 N–H and O–H groups in total. The van der Waals surface area contributed by atoms with Gasteiger partial charge in [0.2, 0.25) is 0 Å². The molecule has 3 aromatic rings. The zero-order valence-electron chi connectivity index (χ0n) is 15.9. The van der Waals surface area contributed by atoms with Crippen LogP contribution in [-0.2, 0) is 4.74 Å². The van der Waals surface area contributed by atoms with E-state index in [9.17, 15) is 4.79 Å². The molecule has 1 unspecified atom stereocenters. The number of hydrogen-bond acceptors (Lipinski definition) is 4. The average Bonchev–Trinajstić information content (AvgIpc) is 3.29. The van der Waals surface area contributed by atoms with Crippen molar-refractivity contribution in [2.75, 3.05) is 30.4 Å². The monoisotopic (exact) mass is 392 g/mol. The Kier molecular flexibility index (Phi) is 5.74. The highest BCUT2D eigenvalue weighted by Crippen LogP contribution is 2.26. The molecule has 0 saturated carbocycles. The van der Waals surface area contributed by atoms with Crippen LogP contribution in [0.4, 0.5) is 11.4 Å². The third-order valence-corrected chi connectivity index (χ3v) is 6.07. The lowest BCUT2D eigenvalue weighted by Gasteiger charge is -2.33. The van der Waals surface area contributed by atoms with Crippen LogP contribution >= 0.6 is 11.3 Å². The minimum absolute atomic E-state index is 0.0945. The summed E-state index contributed by atoms with van der Waals surface area (Å²) >= 11 is 1.69. The molecule has 1 saturated heterocycles. The molecule has 2 heterocycles. The molecule has 4 rings (SSSR count). The number of hydrogen-bond donors (Lipinski definition) is 1. The van der Waals surface area contributed by atoms with Gasteiger partial charge >= 0.3 is 0 Å². The van der Waals surface area contributed by atoms with E-state index in [1.54, 1.807) is 18.4 Å². The Hall–Kier alpha value is -2.63. The summed E-state index contributed by atoms with van der Waals surface area (Å²) in [4.78, 5) is 16.1. The van der Waals surface area contributed by atoms with Gasteiger partial charge in [-0.2, -0.15) is 0 Å². The molecule has 0 radical (unpaired) electrons. The summed E-state index contributed by atoms with van der Waals surface area (Å²) in [6, 6.07) is 19.9. The molecule has 1 aliphatic heterocycles. The Morgan fingerprint density at radius 2 is 1.89 bits per heavy atom. The molecule has 1 aromatic heterocycles. The lowest BCUT2D eigenvalue weighted by atomic mass is 10.1. The standard InChI is InChI=1S/C23H24N2O2S/c1-27-21-4-2-14-25(16-21)20-12-10-19(11-13-20)24-23(26)18-8-6-17(7-9-18)22-5-3-15-28-22/h3,5-13,15,21H,2,4,14,16H2,1H3,(H,24,26). The molecule has 4 nitrogen and oxygen atoms in total. The highest BCUT2D eigenvalue weighted by atomic mass is 32.1. The molecule has 0 spiro atoms. The lowest BCUT2D eigenvalue weighted by molar-refractivity contribution is 0.0893. The normalized spacial score (nSPS) is 16.8. The summed E-state index contributed by atoms with van der Waals surface area (Å²) in [5.74, 6) is -0.0945. The van der Waals surface area contributed by atoms with Gasteiger partial charge in [0, 0.05) is 42.0 Å². The van der Waals surface area contributed by atoms with E-state index < -0.39 is 0 Å². The van der Waals surface area contributed by atoms with E-state index in [0.717, 1.165) is 37.2 Å². The predicted octanol–water partition coefficient (Wildman–Crippen LogP) is 5.28. The fourth-order valence-corrected chi connectivity index (χ4v) is 4.29. The van der Waals surface area contributed by atoms with Gasteiger partial charge in [-0.15, -0.1) is 11.3 Å². The number of thiophene rings is 1. The molecule has 1 amide bonds. The van der Waals surface area contributed by atoms with Crippen molar-refractivity contribution >= 4 is 28.6 Å². The maximum atomic E-state index is 12.5. The van der Waals surface area contributed by atoms with Gasteiger partial charge in [0.1, 0.15) is 0 Å². The molecule has 1 atom stereocenters. The summed E-state index contributed by atoms with van der Waals surface area (Å²) in [6.45, 7) is 1.96. The van der Waals surface area contributed by atoms with Crippen LogP contribution in [0.3, 0.4) is 0 Å². The maximum Gasteiger partial charge on any atom is 0.255 e. The highest BCUT2D eigenvalue weighted by Gasteiger charge is 2.19. The number of nitrogens with zero attached hydrogens (tertiary/aromatic N) is 1. The number of benzene rings is 2. The molecular formula is C23H24N2O2S. The second-order valence-electron chi connectivity index (χ2n) is 7.00.